The first-order valence-electron chi connectivity index (χ1n) is 10.6. The molecule has 1 aromatic heterocycles. The molecule has 1 unspecified atom stereocenters. The predicted molar refractivity (Wildman–Crippen MR) is 131 cm³/mol. The Kier molecular flexibility index (Phi) is 5.53. The van der Waals surface area contributed by atoms with E-state index < -0.39 is 29.4 Å². The third-order valence-electron chi connectivity index (χ3n) is 5.96. The van der Waals surface area contributed by atoms with Crippen LogP contribution in [0.5, 0.6) is 0 Å². The Morgan fingerprint density at radius 3 is 2.43 bits per heavy atom. The number of rotatable bonds is 2. The number of carbonyl (C=O) groups excluding carboxylic acids is 3. The summed E-state index contributed by atoms with van der Waals surface area (Å²) >= 11 is 7.11. The van der Waals surface area contributed by atoms with Crippen LogP contribution < -0.4 is 19.8 Å². The maximum atomic E-state index is 13.9. The molecule has 0 saturated carbocycles. The molecule has 0 fully saturated rings. The smallest absolute Gasteiger partial charge is 0.338 e. The minimum Gasteiger partial charge on any atom is -0.466 e. The van der Waals surface area contributed by atoms with Gasteiger partial charge >= 0.3 is 5.97 Å². The number of thiazole rings is 1. The fourth-order valence-electron chi connectivity index (χ4n) is 4.45. The molecule has 0 N–H and O–H groups in total. The highest BCUT2D eigenvalue weighted by molar-refractivity contribution is 7.07. The summed E-state index contributed by atoms with van der Waals surface area (Å²) in [5.74, 6) is -1.64. The molecule has 2 aromatic carbocycles. The Bertz CT molecular complexity index is 1650. The van der Waals surface area contributed by atoms with Crippen molar-refractivity contribution in [3.05, 3.63) is 95.6 Å². The van der Waals surface area contributed by atoms with Crippen LogP contribution in [0, 0.1) is 0 Å². The van der Waals surface area contributed by atoms with Gasteiger partial charge < -0.3 is 4.74 Å². The van der Waals surface area contributed by atoms with Crippen LogP contribution >= 0.6 is 22.9 Å². The van der Waals surface area contributed by atoms with Gasteiger partial charge in [0.05, 0.1) is 35.7 Å². The van der Waals surface area contributed by atoms with Gasteiger partial charge in [-0.2, -0.15) is 0 Å². The number of ether oxygens (including phenoxy) is 1. The van der Waals surface area contributed by atoms with E-state index in [0.717, 1.165) is 16.2 Å². The molecule has 2 aliphatic rings. The second kappa shape index (κ2) is 8.44. The molecule has 3 heterocycles. The lowest BCUT2D eigenvalue weighted by Crippen LogP contribution is -2.41. The fraction of sp³-hybridized carbons (Fsp3) is 0.160. The standard InChI is InChI=1S/C25H18ClN3O5S/c1-12-18(24(33)34-3)20(14-8-10-15(26)11-9-14)29-23(32)21(35-25(29)27-12)19-16-6-4-5-7-17(16)28(13(2)30)22(19)31/h4-11,20H,1-3H3. The van der Waals surface area contributed by atoms with Gasteiger partial charge in [0.2, 0.25) is 5.91 Å². The van der Waals surface area contributed by atoms with Gasteiger partial charge in [0.1, 0.15) is 4.53 Å². The normalized spacial score (nSPS) is 18.2. The molecule has 176 valence electrons. The molecular weight excluding hydrogens is 490 g/mol. The molecule has 0 aliphatic carbocycles. The summed E-state index contributed by atoms with van der Waals surface area (Å²) in [7, 11) is 1.26. The number of para-hydroxylation sites is 1. The average molecular weight is 508 g/mol. The molecule has 35 heavy (non-hydrogen) atoms. The quantitative estimate of drug-likeness (QED) is 0.496. The van der Waals surface area contributed by atoms with Gasteiger partial charge in [0.15, 0.2) is 4.80 Å². The third-order valence-corrected chi connectivity index (χ3v) is 7.27. The number of hydrogen-bond donors (Lipinski definition) is 0. The molecule has 0 bridgehead atoms. The van der Waals surface area contributed by atoms with Crippen molar-refractivity contribution in [1.29, 1.82) is 0 Å². The van der Waals surface area contributed by atoms with Crippen LogP contribution in [0.1, 0.15) is 31.0 Å². The van der Waals surface area contributed by atoms with Crippen LogP contribution in [0.4, 0.5) is 5.69 Å². The van der Waals surface area contributed by atoms with Crippen molar-refractivity contribution in [2.45, 2.75) is 19.9 Å². The first-order chi connectivity index (χ1) is 16.7. The van der Waals surface area contributed by atoms with E-state index in [0.29, 0.717) is 32.3 Å². The summed E-state index contributed by atoms with van der Waals surface area (Å²) in [6, 6.07) is 12.8. The summed E-state index contributed by atoms with van der Waals surface area (Å²) in [5, 5.41) is 0.501. The number of benzene rings is 2. The number of amides is 2. The number of methoxy groups -OCH3 is 1. The molecule has 1 atom stereocenters. The minimum absolute atomic E-state index is 0.134. The van der Waals surface area contributed by atoms with Crippen molar-refractivity contribution in [2.75, 3.05) is 12.0 Å². The second-order valence-corrected chi connectivity index (χ2v) is 9.41. The molecule has 0 radical (unpaired) electrons. The van der Waals surface area contributed by atoms with E-state index in [1.807, 2.05) is 0 Å². The average Bonchev–Trinajstić information content (AvgIpc) is 3.30. The van der Waals surface area contributed by atoms with Crippen LogP contribution in [0.25, 0.3) is 5.57 Å². The first-order valence-corrected chi connectivity index (χ1v) is 11.8. The van der Waals surface area contributed by atoms with E-state index in [4.69, 9.17) is 16.3 Å². The molecule has 2 amide bonds. The Morgan fingerprint density at radius 1 is 1.09 bits per heavy atom. The Balaban J connectivity index is 1.85. The zero-order chi connectivity index (χ0) is 25.0. The van der Waals surface area contributed by atoms with Gasteiger partial charge in [-0.25, -0.2) is 14.7 Å². The van der Waals surface area contributed by atoms with Crippen LogP contribution in [-0.2, 0) is 19.1 Å². The molecule has 0 spiro atoms. The minimum atomic E-state index is -0.832. The van der Waals surface area contributed by atoms with Gasteiger partial charge in [0.25, 0.3) is 11.5 Å². The number of imide groups is 1. The van der Waals surface area contributed by atoms with Crippen LogP contribution in [0.15, 0.2) is 69.6 Å². The highest BCUT2D eigenvalue weighted by Gasteiger charge is 2.38. The van der Waals surface area contributed by atoms with E-state index >= 15 is 0 Å². The highest BCUT2D eigenvalue weighted by Crippen LogP contribution is 2.35. The van der Waals surface area contributed by atoms with Gasteiger partial charge in [-0.3, -0.25) is 19.0 Å². The lowest BCUT2D eigenvalue weighted by molar-refractivity contribution is -0.136. The van der Waals surface area contributed by atoms with Crippen molar-refractivity contribution in [1.82, 2.24) is 4.57 Å². The lowest BCUT2D eigenvalue weighted by Gasteiger charge is -2.24. The number of hydrogen-bond acceptors (Lipinski definition) is 7. The van der Waals surface area contributed by atoms with E-state index in [9.17, 15) is 19.2 Å². The van der Waals surface area contributed by atoms with Gasteiger partial charge in [-0.05, 0) is 30.7 Å². The van der Waals surface area contributed by atoms with Crippen molar-refractivity contribution < 1.29 is 19.1 Å². The number of carbonyl (C=O) groups is 3. The number of esters is 1. The number of allylic oxidation sites excluding steroid dienone is 1. The summed E-state index contributed by atoms with van der Waals surface area (Å²) < 4.78 is 6.53. The largest absolute Gasteiger partial charge is 0.466 e. The van der Waals surface area contributed by atoms with Crippen LogP contribution in [-0.4, -0.2) is 29.5 Å². The van der Waals surface area contributed by atoms with E-state index in [1.54, 1.807) is 55.5 Å². The van der Waals surface area contributed by atoms with E-state index in [-0.39, 0.29) is 15.7 Å². The van der Waals surface area contributed by atoms with E-state index in [2.05, 4.69) is 4.99 Å². The molecular formula is C25H18ClN3O5S. The van der Waals surface area contributed by atoms with Gasteiger partial charge in [-0.15, -0.1) is 0 Å². The maximum Gasteiger partial charge on any atom is 0.338 e. The van der Waals surface area contributed by atoms with Crippen molar-refractivity contribution in [3.63, 3.8) is 0 Å². The summed E-state index contributed by atoms with van der Waals surface area (Å²) in [5.41, 5.74) is 1.79. The van der Waals surface area contributed by atoms with Crippen LogP contribution in [0.3, 0.4) is 0 Å². The van der Waals surface area contributed by atoms with E-state index in [1.165, 1.54) is 18.6 Å². The molecule has 2 aliphatic heterocycles. The Labute approximate surface area is 208 Å². The number of halogens is 1. The molecule has 8 nitrogen and oxygen atoms in total. The van der Waals surface area contributed by atoms with Crippen molar-refractivity contribution in [2.24, 2.45) is 4.99 Å². The van der Waals surface area contributed by atoms with Crippen molar-refractivity contribution >= 4 is 52.0 Å². The van der Waals surface area contributed by atoms with Crippen molar-refractivity contribution in [3.8, 4) is 0 Å². The topological polar surface area (TPSA) is 98.0 Å². The third kappa shape index (κ3) is 3.46. The zero-order valence-corrected chi connectivity index (χ0v) is 20.4. The monoisotopic (exact) mass is 507 g/mol. The maximum absolute atomic E-state index is 13.9. The molecule has 5 rings (SSSR count). The number of aromatic nitrogens is 1. The molecule has 10 heteroatoms. The number of anilines is 1. The SMILES string of the molecule is COC(=O)C1=C(C)N=c2sc(=C3C(=O)N(C(C)=O)c4ccccc43)c(=O)n2C1c1ccc(Cl)cc1. The number of nitrogens with zero attached hydrogens (tertiary/aromatic N) is 3. The lowest BCUT2D eigenvalue weighted by atomic mass is 9.96. The zero-order valence-electron chi connectivity index (χ0n) is 18.9. The summed E-state index contributed by atoms with van der Waals surface area (Å²) in [4.78, 5) is 58.1. The van der Waals surface area contributed by atoms with Crippen LogP contribution in [0.2, 0.25) is 5.02 Å². The second-order valence-electron chi connectivity index (χ2n) is 8.00. The summed E-state index contributed by atoms with van der Waals surface area (Å²) in [6.45, 7) is 2.97. The highest BCUT2D eigenvalue weighted by atomic mass is 35.5. The van der Waals surface area contributed by atoms with Gasteiger partial charge in [0, 0.05) is 17.5 Å². The number of fused-ring (bicyclic) bond motifs is 2. The Hall–Kier alpha value is -3.82. The fourth-order valence-corrected chi connectivity index (χ4v) is 5.71. The Morgan fingerprint density at radius 2 is 1.77 bits per heavy atom. The molecule has 0 saturated heterocycles. The predicted octanol–water partition coefficient (Wildman–Crippen LogP) is 2.32. The summed E-state index contributed by atoms with van der Waals surface area (Å²) in [6.07, 6.45) is 0. The molecule has 3 aromatic rings. The first kappa shape index (κ1) is 22.9. The van der Waals surface area contributed by atoms with Gasteiger partial charge in [-0.1, -0.05) is 53.3 Å².